The molecule has 0 unspecified atom stereocenters. The van der Waals surface area contributed by atoms with E-state index in [1.54, 1.807) is 12.2 Å². The van der Waals surface area contributed by atoms with Crippen molar-refractivity contribution in [3.8, 4) is 0 Å². The Morgan fingerprint density at radius 3 is 2.14 bits per heavy atom. The molecule has 22 heavy (non-hydrogen) atoms. The summed E-state index contributed by atoms with van der Waals surface area (Å²) in [4.78, 5) is 24.1. The fraction of sp³-hybridized carbons (Fsp3) is 0.412. The molecule has 1 aromatic carbocycles. The second-order valence-electron chi connectivity index (χ2n) is 6.10. The van der Waals surface area contributed by atoms with Crippen LogP contribution in [0.5, 0.6) is 0 Å². The highest BCUT2D eigenvalue weighted by Crippen LogP contribution is 2.40. The van der Waals surface area contributed by atoms with Crippen molar-refractivity contribution in [2.75, 3.05) is 5.32 Å². The van der Waals surface area contributed by atoms with E-state index in [4.69, 9.17) is 4.74 Å². The molecule has 5 nitrogen and oxygen atoms in total. The van der Waals surface area contributed by atoms with E-state index in [-0.39, 0.29) is 5.91 Å². The van der Waals surface area contributed by atoms with E-state index in [9.17, 15) is 14.7 Å². The van der Waals surface area contributed by atoms with E-state index in [1.165, 1.54) is 0 Å². The van der Waals surface area contributed by atoms with Crippen LogP contribution in [0.1, 0.15) is 16.7 Å². The Bertz CT molecular complexity index is 656. The van der Waals surface area contributed by atoms with E-state index < -0.39 is 30.0 Å². The van der Waals surface area contributed by atoms with Crippen molar-refractivity contribution in [3.05, 3.63) is 41.0 Å². The summed E-state index contributed by atoms with van der Waals surface area (Å²) in [6.07, 6.45) is 2.56. The van der Waals surface area contributed by atoms with Crippen LogP contribution in [-0.4, -0.2) is 29.2 Å². The summed E-state index contributed by atoms with van der Waals surface area (Å²) in [5.74, 6) is -2.79. The summed E-state index contributed by atoms with van der Waals surface area (Å²) in [7, 11) is 0. The molecule has 4 atom stereocenters. The third-order valence-electron chi connectivity index (χ3n) is 4.41. The first-order valence-electron chi connectivity index (χ1n) is 7.34. The molecule has 2 heterocycles. The van der Waals surface area contributed by atoms with E-state index in [0.29, 0.717) is 0 Å². The van der Waals surface area contributed by atoms with Gasteiger partial charge in [-0.2, -0.15) is 0 Å². The number of amides is 1. The van der Waals surface area contributed by atoms with Gasteiger partial charge in [0.2, 0.25) is 5.91 Å². The number of aryl methyl sites for hydroxylation is 3. The molecule has 1 fully saturated rings. The molecule has 116 valence electrons. The summed E-state index contributed by atoms with van der Waals surface area (Å²) >= 11 is 0. The zero-order chi connectivity index (χ0) is 16.0. The lowest BCUT2D eigenvalue weighted by molar-refractivity contribution is -0.145. The molecular weight excluding hydrogens is 282 g/mol. The Morgan fingerprint density at radius 1 is 1.05 bits per heavy atom. The molecule has 1 saturated heterocycles. The summed E-state index contributed by atoms with van der Waals surface area (Å²) < 4.78 is 5.54. The minimum atomic E-state index is -0.991. The van der Waals surface area contributed by atoms with E-state index >= 15 is 0 Å². The maximum absolute atomic E-state index is 12.6. The van der Waals surface area contributed by atoms with Crippen LogP contribution in [0.4, 0.5) is 5.69 Å². The van der Waals surface area contributed by atoms with Crippen LogP contribution in [0.2, 0.25) is 0 Å². The van der Waals surface area contributed by atoms with Crippen molar-refractivity contribution in [2.45, 2.75) is 33.0 Å². The highest BCUT2D eigenvalue weighted by Gasteiger charge is 2.53. The number of carbonyl (C=O) groups excluding carboxylic acids is 1. The van der Waals surface area contributed by atoms with Crippen LogP contribution < -0.4 is 5.32 Å². The predicted octanol–water partition coefficient (Wildman–Crippen LogP) is 2.20. The SMILES string of the molecule is Cc1cc(C)c(NC(=O)[C@@H]2[C@@H](C(=O)O)[C@@H]3C=C[C@@H]2O3)c(C)c1. The molecule has 1 amide bonds. The third-order valence-corrected chi connectivity index (χ3v) is 4.41. The molecule has 2 N–H and O–H groups in total. The van der Waals surface area contributed by atoms with Gasteiger partial charge >= 0.3 is 5.97 Å². The minimum Gasteiger partial charge on any atom is -0.481 e. The molecular formula is C17H19NO4. The Balaban J connectivity index is 1.86. The number of ether oxygens (including phenoxy) is 1. The number of benzene rings is 1. The number of carboxylic acids is 1. The summed E-state index contributed by atoms with van der Waals surface area (Å²) in [6, 6.07) is 3.99. The maximum atomic E-state index is 12.6. The lowest BCUT2D eigenvalue weighted by Crippen LogP contribution is -2.39. The van der Waals surface area contributed by atoms with Gasteiger partial charge in [0, 0.05) is 5.69 Å². The molecule has 0 aromatic heterocycles. The monoisotopic (exact) mass is 301 g/mol. The molecule has 0 radical (unpaired) electrons. The van der Waals surface area contributed by atoms with Crippen molar-refractivity contribution in [1.29, 1.82) is 0 Å². The van der Waals surface area contributed by atoms with Crippen LogP contribution in [0.3, 0.4) is 0 Å². The zero-order valence-electron chi connectivity index (χ0n) is 12.8. The molecule has 2 bridgehead atoms. The molecule has 2 aliphatic rings. The first-order chi connectivity index (χ1) is 10.4. The Hall–Kier alpha value is -2.14. The van der Waals surface area contributed by atoms with E-state index in [0.717, 1.165) is 22.4 Å². The van der Waals surface area contributed by atoms with E-state index in [2.05, 4.69) is 5.32 Å². The quantitative estimate of drug-likeness (QED) is 0.839. The highest BCUT2D eigenvalue weighted by molar-refractivity contribution is 5.97. The van der Waals surface area contributed by atoms with Crippen LogP contribution >= 0.6 is 0 Å². The highest BCUT2D eigenvalue weighted by atomic mass is 16.5. The van der Waals surface area contributed by atoms with Gasteiger partial charge in [-0.1, -0.05) is 29.8 Å². The van der Waals surface area contributed by atoms with Gasteiger partial charge in [0.05, 0.1) is 18.1 Å². The summed E-state index contributed by atoms with van der Waals surface area (Å²) in [5, 5.41) is 12.3. The second kappa shape index (κ2) is 5.25. The topological polar surface area (TPSA) is 75.6 Å². The van der Waals surface area contributed by atoms with Gasteiger partial charge in [-0.15, -0.1) is 0 Å². The smallest absolute Gasteiger partial charge is 0.310 e. The third kappa shape index (κ3) is 2.31. The number of nitrogens with one attached hydrogen (secondary N) is 1. The van der Waals surface area contributed by atoms with Gasteiger partial charge in [-0.05, 0) is 31.9 Å². The average Bonchev–Trinajstić information content (AvgIpc) is 3.02. The van der Waals surface area contributed by atoms with Gasteiger partial charge in [-0.25, -0.2) is 0 Å². The van der Waals surface area contributed by atoms with Gasteiger partial charge in [-0.3, -0.25) is 9.59 Å². The molecule has 3 rings (SSSR count). The van der Waals surface area contributed by atoms with Crippen LogP contribution in [-0.2, 0) is 14.3 Å². The van der Waals surface area contributed by atoms with Crippen molar-refractivity contribution < 1.29 is 19.4 Å². The van der Waals surface area contributed by atoms with Crippen LogP contribution in [0.15, 0.2) is 24.3 Å². The Morgan fingerprint density at radius 2 is 1.59 bits per heavy atom. The van der Waals surface area contributed by atoms with Crippen molar-refractivity contribution in [2.24, 2.45) is 11.8 Å². The Labute approximate surface area is 129 Å². The number of carboxylic acid groups (broad SMARTS) is 1. The van der Waals surface area contributed by atoms with Crippen molar-refractivity contribution >= 4 is 17.6 Å². The molecule has 1 aromatic rings. The van der Waals surface area contributed by atoms with Gasteiger partial charge in [0.15, 0.2) is 0 Å². The van der Waals surface area contributed by atoms with Crippen LogP contribution in [0, 0.1) is 32.6 Å². The number of carbonyl (C=O) groups is 2. The fourth-order valence-corrected chi connectivity index (χ4v) is 3.50. The number of fused-ring (bicyclic) bond motifs is 2. The lowest BCUT2D eigenvalue weighted by Gasteiger charge is -2.22. The second-order valence-corrected chi connectivity index (χ2v) is 6.10. The number of hydrogen-bond donors (Lipinski definition) is 2. The van der Waals surface area contributed by atoms with Gasteiger partial charge < -0.3 is 15.2 Å². The first-order valence-corrected chi connectivity index (χ1v) is 7.34. The number of anilines is 1. The molecule has 0 saturated carbocycles. The van der Waals surface area contributed by atoms with Crippen molar-refractivity contribution in [3.63, 3.8) is 0 Å². The maximum Gasteiger partial charge on any atom is 0.310 e. The normalized spacial score (nSPS) is 28.9. The number of aliphatic carboxylic acids is 1. The summed E-state index contributed by atoms with van der Waals surface area (Å²) in [6.45, 7) is 5.86. The average molecular weight is 301 g/mol. The lowest BCUT2D eigenvalue weighted by atomic mass is 9.82. The fourth-order valence-electron chi connectivity index (χ4n) is 3.50. The van der Waals surface area contributed by atoms with Gasteiger partial charge in [0.1, 0.15) is 5.92 Å². The standard InChI is InChI=1S/C17H19NO4/c1-8-6-9(2)15(10(3)7-8)18-16(19)13-11-4-5-12(22-11)14(13)17(20)21/h4-7,11-14H,1-3H3,(H,18,19)(H,20,21)/t11-,12-,13-,14-/m0/s1. The first kappa shape index (κ1) is 14.8. The van der Waals surface area contributed by atoms with Gasteiger partial charge in [0.25, 0.3) is 0 Å². The number of hydrogen-bond acceptors (Lipinski definition) is 3. The zero-order valence-corrected chi connectivity index (χ0v) is 12.8. The largest absolute Gasteiger partial charge is 0.481 e. The molecule has 0 aliphatic carbocycles. The molecule has 2 aliphatic heterocycles. The minimum absolute atomic E-state index is 0.292. The molecule has 0 spiro atoms. The molecule has 5 heteroatoms. The van der Waals surface area contributed by atoms with Crippen molar-refractivity contribution in [1.82, 2.24) is 0 Å². The number of rotatable bonds is 3. The van der Waals surface area contributed by atoms with Crippen LogP contribution in [0.25, 0.3) is 0 Å². The van der Waals surface area contributed by atoms with E-state index in [1.807, 2.05) is 32.9 Å². The summed E-state index contributed by atoms with van der Waals surface area (Å²) in [5.41, 5.74) is 3.82. The Kier molecular flexibility index (Phi) is 3.53. The predicted molar refractivity (Wildman–Crippen MR) is 81.7 cm³/mol.